The van der Waals surface area contributed by atoms with Crippen LogP contribution in [0.4, 0.5) is 0 Å². The first-order valence-electron chi connectivity index (χ1n) is 16.2. The molecule has 46 heavy (non-hydrogen) atoms. The van der Waals surface area contributed by atoms with Crippen molar-refractivity contribution in [2.75, 3.05) is 21.2 Å². The second-order valence-corrected chi connectivity index (χ2v) is 13.8. The Kier molecular flexibility index (Phi) is 14.2. The van der Waals surface area contributed by atoms with E-state index in [-0.39, 0.29) is 25.0 Å². The molecule has 266 valence electrons. The Labute approximate surface area is 273 Å². The van der Waals surface area contributed by atoms with Crippen molar-refractivity contribution in [1.29, 1.82) is 0 Å². The minimum atomic E-state index is -1.94. The van der Waals surface area contributed by atoms with Crippen LogP contribution in [0.1, 0.15) is 74.7 Å². The van der Waals surface area contributed by atoms with Crippen LogP contribution in [0.2, 0.25) is 0 Å². The summed E-state index contributed by atoms with van der Waals surface area (Å²) in [5.41, 5.74) is -3.21. The molecule has 0 aromatic carbocycles. The van der Waals surface area contributed by atoms with Crippen molar-refractivity contribution >= 4 is 17.8 Å². The predicted octanol–water partition coefficient (Wildman–Crippen LogP) is 1.55. The number of esters is 2. The lowest BCUT2D eigenvalue weighted by molar-refractivity contribution is -0.301. The van der Waals surface area contributed by atoms with Gasteiger partial charge < -0.3 is 49.2 Å². The molecule has 2 rings (SSSR count). The zero-order valence-electron chi connectivity index (χ0n) is 29.4. The molecule has 2 aliphatic rings. The van der Waals surface area contributed by atoms with Crippen LogP contribution in [0.5, 0.6) is 0 Å². The number of likely N-dealkylation sites (N-methyl/N-ethyl adjacent to an activating group) is 1. The van der Waals surface area contributed by atoms with Crippen LogP contribution in [-0.4, -0.2) is 125 Å². The molecular weight excluding hydrogens is 600 g/mol. The first-order chi connectivity index (χ1) is 21.2. The first-order valence-corrected chi connectivity index (χ1v) is 16.2. The minimum absolute atomic E-state index is 0.0809. The summed E-state index contributed by atoms with van der Waals surface area (Å²) in [5.74, 6) is -4.62. The molecule has 4 N–H and O–H groups in total. The van der Waals surface area contributed by atoms with E-state index >= 15 is 0 Å². The smallest absolute Gasteiger partial charge is 0.330 e. The number of rotatable bonds is 7. The summed E-state index contributed by atoms with van der Waals surface area (Å²) in [4.78, 5) is 41.8. The highest BCUT2D eigenvalue weighted by atomic mass is 16.7. The average Bonchev–Trinajstić information content (AvgIpc) is 3.00. The highest BCUT2D eigenvalue weighted by Gasteiger charge is 2.51. The Morgan fingerprint density at radius 2 is 1.76 bits per heavy atom. The maximum absolute atomic E-state index is 13.7. The second-order valence-electron chi connectivity index (χ2n) is 13.8. The third kappa shape index (κ3) is 9.06. The third-order valence-electron chi connectivity index (χ3n) is 9.79. The van der Waals surface area contributed by atoms with Gasteiger partial charge in [-0.3, -0.25) is 9.59 Å². The molecule has 0 aromatic rings. The SMILES string of the molecule is C=CC(=O)O[C@H]1[C@H](C)[C@@H](O[C@@H]2O[C@H](C)C[C@H](N(C)C)[C@@H]2O)[C@](C)(OC)C[C@@H](C)C(=O)N[C@H](C)[C@H](O)[C@](C)(O)[C@@H](CC)OC(=O)[C@@H]1C. The summed E-state index contributed by atoms with van der Waals surface area (Å²) in [6, 6.07) is -1.21. The van der Waals surface area contributed by atoms with Gasteiger partial charge in [-0.15, -0.1) is 0 Å². The van der Waals surface area contributed by atoms with E-state index in [1.54, 1.807) is 34.6 Å². The average molecular weight is 659 g/mol. The zero-order valence-corrected chi connectivity index (χ0v) is 29.4. The molecule has 0 bridgehead atoms. The summed E-state index contributed by atoms with van der Waals surface area (Å²) >= 11 is 0. The van der Waals surface area contributed by atoms with Gasteiger partial charge in [0.25, 0.3) is 0 Å². The largest absolute Gasteiger partial charge is 0.459 e. The Morgan fingerprint density at radius 1 is 1.15 bits per heavy atom. The molecule has 0 saturated carbocycles. The Bertz CT molecular complexity index is 1050. The van der Waals surface area contributed by atoms with Crippen molar-refractivity contribution in [3.63, 3.8) is 0 Å². The predicted molar refractivity (Wildman–Crippen MR) is 169 cm³/mol. The fourth-order valence-electron chi connectivity index (χ4n) is 6.80. The van der Waals surface area contributed by atoms with Crippen LogP contribution in [0, 0.1) is 17.8 Å². The number of nitrogens with zero attached hydrogens (tertiary/aromatic N) is 1. The van der Waals surface area contributed by atoms with Crippen molar-refractivity contribution in [2.24, 2.45) is 17.8 Å². The van der Waals surface area contributed by atoms with E-state index in [0.717, 1.165) is 6.08 Å². The monoisotopic (exact) mass is 658 g/mol. The standard InChI is InChI=1S/C33H58N2O11/c1-13-23-33(9,41)27(38)21(7)34-29(39)17(3)16-32(8,42-12)28(46-31-25(37)22(35(10)11)15-18(4)43-31)19(5)26(45-24(36)14-2)20(6)30(40)44-23/h14,17-23,25-28,31,37-38,41H,2,13,15-16H2,1,3-12H3,(H,34,39)/t17-,18-,19+,20-,21-,22+,23-,25+,26+,27+,28-,31+,32-,33-/m1/s1. The van der Waals surface area contributed by atoms with E-state index in [1.165, 1.54) is 21.0 Å². The van der Waals surface area contributed by atoms with Gasteiger partial charge in [-0.25, -0.2) is 4.79 Å². The molecule has 0 spiro atoms. The van der Waals surface area contributed by atoms with Gasteiger partial charge in [0, 0.05) is 31.1 Å². The van der Waals surface area contributed by atoms with E-state index in [4.69, 9.17) is 23.7 Å². The number of cyclic esters (lactones) is 1. The molecule has 2 aliphatic heterocycles. The summed E-state index contributed by atoms with van der Waals surface area (Å²) in [6.45, 7) is 16.6. The van der Waals surface area contributed by atoms with E-state index in [1.807, 2.05) is 25.9 Å². The van der Waals surface area contributed by atoms with Crippen molar-refractivity contribution in [3.8, 4) is 0 Å². The summed E-state index contributed by atoms with van der Waals surface area (Å²) in [6.07, 6.45) is -5.58. The summed E-state index contributed by atoms with van der Waals surface area (Å²) < 4.78 is 30.4. The Hall–Kier alpha value is -2.13. The molecule has 2 saturated heterocycles. The quantitative estimate of drug-likeness (QED) is 0.230. The van der Waals surface area contributed by atoms with E-state index in [0.29, 0.717) is 6.42 Å². The molecule has 13 nitrogen and oxygen atoms in total. The van der Waals surface area contributed by atoms with Crippen LogP contribution in [0.3, 0.4) is 0 Å². The normalized spacial score (nSPS) is 43.5. The van der Waals surface area contributed by atoms with Gasteiger partial charge in [-0.2, -0.15) is 0 Å². The number of methoxy groups -OCH3 is 1. The van der Waals surface area contributed by atoms with Crippen LogP contribution in [-0.2, 0) is 38.1 Å². The number of hydrogen-bond acceptors (Lipinski definition) is 12. The van der Waals surface area contributed by atoms with Crippen molar-refractivity contribution < 1.29 is 53.4 Å². The molecule has 14 atom stereocenters. The Morgan fingerprint density at radius 3 is 2.28 bits per heavy atom. The van der Waals surface area contributed by atoms with Crippen LogP contribution >= 0.6 is 0 Å². The van der Waals surface area contributed by atoms with Gasteiger partial charge in [0.1, 0.15) is 30.0 Å². The number of aliphatic hydroxyl groups is 3. The van der Waals surface area contributed by atoms with Gasteiger partial charge in [-0.05, 0) is 68.0 Å². The number of carbonyl (C=O) groups excluding carboxylic acids is 3. The van der Waals surface area contributed by atoms with Crippen LogP contribution in [0.25, 0.3) is 0 Å². The van der Waals surface area contributed by atoms with Gasteiger partial charge in [0.15, 0.2) is 6.29 Å². The van der Waals surface area contributed by atoms with Crippen LogP contribution < -0.4 is 5.32 Å². The van der Waals surface area contributed by atoms with E-state index < -0.39 is 89.7 Å². The molecular formula is C33H58N2O11. The molecule has 1 amide bonds. The first kappa shape index (κ1) is 40.0. The van der Waals surface area contributed by atoms with Crippen LogP contribution in [0.15, 0.2) is 12.7 Å². The van der Waals surface area contributed by atoms with Gasteiger partial charge in [0.05, 0.1) is 29.8 Å². The highest BCUT2D eigenvalue weighted by Crippen LogP contribution is 2.38. The second kappa shape index (κ2) is 16.3. The molecule has 13 heteroatoms. The maximum atomic E-state index is 13.7. The summed E-state index contributed by atoms with van der Waals surface area (Å²) in [5, 5.41) is 36.7. The summed E-state index contributed by atoms with van der Waals surface area (Å²) in [7, 11) is 5.17. The number of nitrogens with one attached hydrogen (secondary N) is 1. The van der Waals surface area contributed by atoms with Gasteiger partial charge in [-0.1, -0.05) is 27.4 Å². The Balaban J connectivity index is 2.75. The maximum Gasteiger partial charge on any atom is 0.330 e. The van der Waals surface area contributed by atoms with E-state index in [2.05, 4.69) is 11.9 Å². The van der Waals surface area contributed by atoms with Gasteiger partial charge >= 0.3 is 11.9 Å². The number of ether oxygens (including phenoxy) is 5. The number of amides is 1. The molecule has 0 aliphatic carbocycles. The molecule has 2 heterocycles. The minimum Gasteiger partial charge on any atom is -0.459 e. The fourth-order valence-corrected chi connectivity index (χ4v) is 6.80. The zero-order chi connectivity index (χ0) is 35.3. The number of carbonyl (C=O) groups is 3. The van der Waals surface area contributed by atoms with E-state index in [9.17, 15) is 29.7 Å². The molecule has 0 aromatic heterocycles. The molecule has 0 radical (unpaired) electrons. The lowest BCUT2D eigenvalue weighted by Gasteiger charge is -2.48. The highest BCUT2D eigenvalue weighted by molar-refractivity contribution is 5.82. The topological polar surface area (TPSA) is 173 Å². The molecule has 2 fully saturated rings. The van der Waals surface area contributed by atoms with Crippen molar-refractivity contribution in [2.45, 2.75) is 141 Å². The number of hydrogen-bond donors (Lipinski definition) is 4. The van der Waals surface area contributed by atoms with Crippen molar-refractivity contribution in [1.82, 2.24) is 10.2 Å². The fraction of sp³-hybridized carbons (Fsp3) is 0.848. The molecule has 0 unspecified atom stereocenters. The van der Waals surface area contributed by atoms with Gasteiger partial charge in [0.2, 0.25) is 5.91 Å². The lowest BCUT2D eigenvalue weighted by Crippen LogP contribution is -2.60. The number of aliphatic hydroxyl groups excluding tert-OH is 2. The third-order valence-corrected chi connectivity index (χ3v) is 9.79. The van der Waals surface area contributed by atoms with Crippen molar-refractivity contribution in [3.05, 3.63) is 12.7 Å². The lowest BCUT2D eigenvalue weighted by atomic mass is 9.77.